The topological polar surface area (TPSA) is 92.8 Å². The van der Waals surface area contributed by atoms with E-state index in [-0.39, 0.29) is 20.8 Å². The number of hydrogen-bond acceptors (Lipinski definition) is 5. The average molecular weight is 411 g/mol. The van der Waals surface area contributed by atoms with Gasteiger partial charge in [0.25, 0.3) is 5.91 Å². The summed E-state index contributed by atoms with van der Waals surface area (Å²) in [7, 11) is -4.00. The molecule has 0 heterocycles. The summed E-state index contributed by atoms with van der Waals surface area (Å²) >= 11 is 11.6. The lowest BCUT2D eigenvalue weighted by molar-refractivity contribution is -0.152. The highest BCUT2D eigenvalue weighted by atomic mass is 35.5. The monoisotopic (exact) mass is 410 g/mol. The summed E-state index contributed by atoms with van der Waals surface area (Å²) in [6, 6.07) is 2.60. The molecular formula is C15H20Cl2N2O5S. The van der Waals surface area contributed by atoms with Crippen LogP contribution in [0.15, 0.2) is 23.1 Å². The molecule has 10 heteroatoms. The van der Waals surface area contributed by atoms with E-state index in [1.54, 1.807) is 13.8 Å². The predicted octanol–water partition coefficient (Wildman–Crippen LogP) is 2.07. The summed E-state index contributed by atoms with van der Waals surface area (Å²) in [5.74, 6) is -1.21. The highest BCUT2D eigenvalue weighted by molar-refractivity contribution is 7.89. The molecule has 0 bridgehead atoms. The van der Waals surface area contributed by atoms with E-state index in [2.05, 4.69) is 4.72 Å². The van der Waals surface area contributed by atoms with Gasteiger partial charge in [0, 0.05) is 13.1 Å². The first-order chi connectivity index (χ1) is 11.6. The Bertz CT molecular complexity index is 735. The number of rotatable bonds is 8. The molecule has 1 N–H and O–H groups in total. The van der Waals surface area contributed by atoms with Gasteiger partial charge in [0.05, 0.1) is 14.9 Å². The van der Waals surface area contributed by atoms with Crippen molar-refractivity contribution in [1.29, 1.82) is 0 Å². The number of carbonyl (C=O) groups excluding carboxylic acids is 2. The number of hydrogen-bond donors (Lipinski definition) is 1. The van der Waals surface area contributed by atoms with Gasteiger partial charge in [-0.05, 0) is 39.0 Å². The zero-order chi connectivity index (χ0) is 19.2. The third-order valence-corrected chi connectivity index (χ3v) is 5.62. The Balaban J connectivity index is 2.70. The minimum absolute atomic E-state index is 0.0737. The molecule has 1 aromatic carbocycles. The quantitative estimate of drug-likeness (QED) is 0.662. The first-order valence-electron chi connectivity index (χ1n) is 7.54. The minimum atomic E-state index is -4.00. The van der Waals surface area contributed by atoms with Gasteiger partial charge in [-0.3, -0.25) is 9.59 Å². The van der Waals surface area contributed by atoms with E-state index in [0.29, 0.717) is 13.1 Å². The summed E-state index contributed by atoms with van der Waals surface area (Å²) in [5.41, 5.74) is 0. The maximum atomic E-state index is 12.3. The van der Waals surface area contributed by atoms with Crippen molar-refractivity contribution in [3.8, 4) is 0 Å². The molecular weight excluding hydrogens is 391 g/mol. The van der Waals surface area contributed by atoms with Crippen molar-refractivity contribution < 1.29 is 22.7 Å². The number of halogens is 2. The van der Waals surface area contributed by atoms with Crippen LogP contribution in [-0.4, -0.2) is 50.9 Å². The Labute approximate surface area is 157 Å². The molecule has 1 atom stereocenters. The second-order valence-electron chi connectivity index (χ2n) is 5.09. The van der Waals surface area contributed by atoms with Crippen molar-refractivity contribution in [2.45, 2.75) is 31.7 Å². The lowest BCUT2D eigenvalue weighted by Gasteiger charge is -2.19. The molecule has 1 amide bonds. The molecule has 0 aliphatic rings. The average Bonchev–Trinajstić information content (AvgIpc) is 2.55. The first-order valence-corrected chi connectivity index (χ1v) is 9.78. The summed E-state index contributed by atoms with van der Waals surface area (Å²) in [6.45, 7) is 5.46. The number of benzene rings is 1. The van der Waals surface area contributed by atoms with Crippen LogP contribution in [0.5, 0.6) is 0 Å². The van der Waals surface area contributed by atoms with E-state index in [4.69, 9.17) is 27.9 Å². The molecule has 140 valence electrons. The van der Waals surface area contributed by atoms with Gasteiger partial charge in [-0.15, -0.1) is 0 Å². The molecule has 0 aliphatic carbocycles. The second-order valence-corrected chi connectivity index (χ2v) is 7.62. The van der Waals surface area contributed by atoms with Crippen LogP contribution in [0.25, 0.3) is 0 Å². The number of carbonyl (C=O) groups is 2. The molecule has 0 aliphatic heterocycles. The van der Waals surface area contributed by atoms with Crippen molar-refractivity contribution >= 4 is 45.1 Å². The van der Waals surface area contributed by atoms with E-state index in [1.807, 2.05) is 0 Å². The summed E-state index contributed by atoms with van der Waals surface area (Å²) in [4.78, 5) is 25.1. The third-order valence-electron chi connectivity index (χ3n) is 3.34. The van der Waals surface area contributed by atoms with Crippen LogP contribution in [0.3, 0.4) is 0 Å². The Morgan fingerprint density at radius 2 is 1.80 bits per heavy atom. The molecule has 1 rings (SSSR count). The van der Waals surface area contributed by atoms with Crippen LogP contribution in [-0.2, 0) is 24.3 Å². The largest absolute Gasteiger partial charge is 0.454 e. The Morgan fingerprint density at radius 1 is 1.20 bits per heavy atom. The molecule has 25 heavy (non-hydrogen) atoms. The Morgan fingerprint density at radius 3 is 2.32 bits per heavy atom. The van der Waals surface area contributed by atoms with E-state index in [0.717, 1.165) is 0 Å². The van der Waals surface area contributed by atoms with Crippen molar-refractivity contribution in [3.63, 3.8) is 0 Å². The maximum Gasteiger partial charge on any atom is 0.324 e. The number of amides is 1. The Hall–Kier alpha value is -1.35. The summed E-state index contributed by atoms with van der Waals surface area (Å²) in [5, 5.41) is 0.285. The fraction of sp³-hybridized carbons (Fsp3) is 0.467. The maximum absolute atomic E-state index is 12.3. The van der Waals surface area contributed by atoms with Gasteiger partial charge in [0.2, 0.25) is 10.0 Å². The lowest BCUT2D eigenvalue weighted by Crippen LogP contribution is -2.41. The molecule has 0 saturated heterocycles. The highest BCUT2D eigenvalue weighted by Gasteiger charge is 2.24. The number of ether oxygens (including phenoxy) is 1. The molecule has 0 fully saturated rings. The molecule has 0 saturated carbocycles. The summed E-state index contributed by atoms with van der Waals surface area (Å²) in [6.07, 6.45) is 0. The fourth-order valence-corrected chi connectivity index (χ4v) is 3.50. The van der Waals surface area contributed by atoms with E-state index in [1.165, 1.54) is 30.0 Å². The third kappa shape index (κ3) is 6.14. The number of sulfonamides is 1. The normalized spacial score (nSPS) is 12.5. The van der Waals surface area contributed by atoms with Crippen molar-refractivity contribution in [3.05, 3.63) is 28.2 Å². The first kappa shape index (κ1) is 21.7. The Kier molecular flexibility index (Phi) is 8.14. The van der Waals surface area contributed by atoms with E-state index in [9.17, 15) is 18.0 Å². The van der Waals surface area contributed by atoms with Crippen molar-refractivity contribution in [2.75, 3.05) is 19.7 Å². The van der Waals surface area contributed by atoms with Crippen LogP contribution in [0.1, 0.15) is 20.8 Å². The smallest absolute Gasteiger partial charge is 0.324 e. The van der Waals surface area contributed by atoms with Crippen molar-refractivity contribution in [1.82, 2.24) is 9.62 Å². The van der Waals surface area contributed by atoms with Crippen LogP contribution in [0, 0.1) is 0 Å². The lowest BCUT2D eigenvalue weighted by atomic mass is 10.4. The molecule has 7 nitrogen and oxygen atoms in total. The fourth-order valence-electron chi connectivity index (χ4n) is 1.92. The zero-order valence-corrected chi connectivity index (χ0v) is 16.4. The molecule has 1 aromatic rings. The van der Waals surface area contributed by atoms with Crippen LogP contribution < -0.4 is 4.72 Å². The molecule has 0 unspecified atom stereocenters. The van der Waals surface area contributed by atoms with E-state index < -0.39 is 28.6 Å². The highest BCUT2D eigenvalue weighted by Crippen LogP contribution is 2.24. The van der Waals surface area contributed by atoms with Gasteiger partial charge in [0.15, 0.2) is 6.61 Å². The number of likely N-dealkylation sites (N-methyl/N-ethyl adjacent to an activating group) is 1. The molecule has 0 radical (unpaired) electrons. The predicted molar refractivity (Wildman–Crippen MR) is 95.1 cm³/mol. The molecule has 0 spiro atoms. The molecule has 0 aromatic heterocycles. The minimum Gasteiger partial charge on any atom is -0.454 e. The van der Waals surface area contributed by atoms with Crippen LogP contribution in [0.2, 0.25) is 10.0 Å². The standard InChI is InChI=1S/C15H20Cl2N2O5S/c1-4-19(5-2)14(20)9-24-15(21)10(3)18-25(22,23)11-6-7-12(16)13(17)8-11/h6-8,10,18H,4-5,9H2,1-3H3/t10-/m0/s1. The van der Waals surface area contributed by atoms with E-state index >= 15 is 0 Å². The van der Waals surface area contributed by atoms with Crippen molar-refractivity contribution in [2.24, 2.45) is 0 Å². The number of esters is 1. The SMILES string of the molecule is CCN(CC)C(=O)COC(=O)[C@H](C)NS(=O)(=O)c1ccc(Cl)c(Cl)c1. The van der Waals surface area contributed by atoms with Gasteiger partial charge in [-0.25, -0.2) is 8.42 Å². The van der Waals surface area contributed by atoms with Gasteiger partial charge in [-0.2, -0.15) is 4.72 Å². The van der Waals surface area contributed by atoms with Gasteiger partial charge < -0.3 is 9.64 Å². The van der Waals surface area contributed by atoms with Gasteiger partial charge >= 0.3 is 5.97 Å². The zero-order valence-electron chi connectivity index (χ0n) is 14.1. The summed E-state index contributed by atoms with van der Waals surface area (Å²) < 4.78 is 31.5. The number of nitrogens with one attached hydrogen (secondary N) is 1. The van der Waals surface area contributed by atoms with Crippen LogP contribution in [0.4, 0.5) is 0 Å². The number of nitrogens with zero attached hydrogens (tertiary/aromatic N) is 1. The van der Waals surface area contributed by atoms with Crippen LogP contribution >= 0.6 is 23.2 Å². The van der Waals surface area contributed by atoms with Gasteiger partial charge in [-0.1, -0.05) is 23.2 Å². The second kappa shape index (κ2) is 9.38. The van der Waals surface area contributed by atoms with Gasteiger partial charge in [0.1, 0.15) is 6.04 Å².